The Morgan fingerprint density at radius 3 is 2.60 bits per heavy atom. The van der Waals surface area contributed by atoms with Gasteiger partial charge in [0.15, 0.2) is 10.1 Å². The number of halogens is 1. The van der Waals surface area contributed by atoms with Gasteiger partial charge >= 0.3 is 0 Å². The van der Waals surface area contributed by atoms with Gasteiger partial charge in [0.2, 0.25) is 11.0 Å². The van der Waals surface area contributed by atoms with Crippen LogP contribution in [0.4, 0.5) is 10.8 Å². The van der Waals surface area contributed by atoms with E-state index in [1.807, 2.05) is 24.3 Å². The molecule has 0 radical (unpaired) electrons. The zero-order valence-corrected chi connectivity index (χ0v) is 24.4. The first-order chi connectivity index (χ1) is 19.3. The lowest BCUT2D eigenvalue weighted by Crippen LogP contribution is -2.38. The summed E-state index contributed by atoms with van der Waals surface area (Å²) in [5, 5.41) is 22.7. The molecule has 0 saturated heterocycles. The lowest BCUT2D eigenvalue weighted by Gasteiger charge is -2.38. The number of aromatic nitrogens is 2. The van der Waals surface area contributed by atoms with Crippen molar-refractivity contribution in [1.29, 1.82) is 5.26 Å². The fourth-order valence-corrected chi connectivity index (χ4v) is 6.73. The van der Waals surface area contributed by atoms with E-state index in [9.17, 15) is 14.9 Å². The quantitative estimate of drug-likeness (QED) is 0.305. The predicted octanol–water partition coefficient (Wildman–Crippen LogP) is 6.35. The molecule has 1 unspecified atom stereocenters. The van der Waals surface area contributed by atoms with Crippen LogP contribution in [0.2, 0.25) is 5.02 Å². The molecule has 2 heterocycles. The van der Waals surface area contributed by atoms with Crippen molar-refractivity contribution >= 4 is 57.2 Å². The molecule has 0 saturated carbocycles. The van der Waals surface area contributed by atoms with Gasteiger partial charge in [-0.05, 0) is 54.2 Å². The van der Waals surface area contributed by atoms with Gasteiger partial charge in [0.1, 0.15) is 5.82 Å². The van der Waals surface area contributed by atoms with E-state index in [1.54, 1.807) is 29.2 Å². The van der Waals surface area contributed by atoms with Crippen molar-refractivity contribution in [3.63, 3.8) is 0 Å². The van der Waals surface area contributed by atoms with Crippen molar-refractivity contribution in [3.05, 3.63) is 87.3 Å². The Morgan fingerprint density at radius 1 is 1.20 bits per heavy atom. The number of ketones is 1. The smallest absolute Gasteiger partial charge is 0.234 e. The highest BCUT2D eigenvalue weighted by Gasteiger charge is 2.41. The molecular formula is C29H27ClN6O2S2. The summed E-state index contributed by atoms with van der Waals surface area (Å²) in [6.07, 6.45) is 1.74. The number of nitrogens with one attached hydrogen (secondary N) is 1. The van der Waals surface area contributed by atoms with Gasteiger partial charge in [-0.25, -0.2) is 0 Å². The highest BCUT2D eigenvalue weighted by atomic mass is 35.5. The summed E-state index contributed by atoms with van der Waals surface area (Å²) in [5.41, 5.74) is 11.0. The first kappa shape index (κ1) is 27.9. The monoisotopic (exact) mass is 590 g/mol. The number of hydrogen-bond donors (Lipinski definition) is 2. The summed E-state index contributed by atoms with van der Waals surface area (Å²) in [6.45, 7) is 4.25. The molecule has 1 amide bonds. The number of allylic oxidation sites excluding steroid dienone is 3. The van der Waals surface area contributed by atoms with Gasteiger partial charge in [0, 0.05) is 28.4 Å². The van der Waals surface area contributed by atoms with Crippen molar-refractivity contribution in [1.82, 2.24) is 10.2 Å². The molecule has 0 bridgehead atoms. The Kier molecular flexibility index (Phi) is 8.26. The first-order valence-electron chi connectivity index (χ1n) is 12.8. The average molecular weight is 591 g/mol. The molecule has 3 aromatic rings. The maximum absolute atomic E-state index is 13.3. The second-order valence-corrected chi connectivity index (χ2v) is 12.4. The Hall–Kier alpha value is -3.65. The number of anilines is 2. The third kappa shape index (κ3) is 5.63. The van der Waals surface area contributed by atoms with Crippen LogP contribution in [0.3, 0.4) is 0 Å². The SMILES string of the molecule is CC(C)c1ccc(C2C(C#N)=C(N)N(c3nnc(SCC(=O)Nc4ccc(Cl)cc4)s3)C3=C2C(=O)CCC3)cc1. The average Bonchev–Trinajstić information content (AvgIpc) is 3.41. The first-order valence-corrected chi connectivity index (χ1v) is 15.0. The summed E-state index contributed by atoms with van der Waals surface area (Å²) < 4.78 is 0.572. The number of carbonyl (C=O) groups is 2. The van der Waals surface area contributed by atoms with Crippen LogP contribution >= 0.6 is 34.7 Å². The van der Waals surface area contributed by atoms with E-state index in [4.69, 9.17) is 17.3 Å². The third-order valence-electron chi connectivity index (χ3n) is 6.89. The number of rotatable bonds is 7. The van der Waals surface area contributed by atoms with Crippen LogP contribution in [0.15, 0.2) is 75.5 Å². The van der Waals surface area contributed by atoms with Gasteiger partial charge < -0.3 is 11.1 Å². The molecule has 3 N–H and O–H groups in total. The van der Waals surface area contributed by atoms with Crippen molar-refractivity contribution in [2.75, 3.05) is 16.0 Å². The van der Waals surface area contributed by atoms with Gasteiger partial charge in [-0.3, -0.25) is 14.5 Å². The van der Waals surface area contributed by atoms with E-state index in [0.717, 1.165) is 11.3 Å². The second-order valence-electron chi connectivity index (χ2n) is 9.83. The number of amides is 1. The number of Topliss-reactive ketones (excluding diaryl/α,β-unsaturated/α-hetero) is 1. The Morgan fingerprint density at radius 2 is 1.93 bits per heavy atom. The molecule has 2 aliphatic rings. The minimum atomic E-state index is -0.524. The van der Waals surface area contributed by atoms with E-state index < -0.39 is 5.92 Å². The van der Waals surface area contributed by atoms with Gasteiger partial charge in [-0.1, -0.05) is 72.8 Å². The molecule has 0 spiro atoms. The highest BCUT2D eigenvalue weighted by Crippen LogP contribution is 2.47. The molecule has 0 fully saturated rings. The number of nitrogens with two attached hydrogens (primary N) is 1. The van der Waals surface area contributed by atoms with Crippen molar-refractivity contribution in [3.8, 4) is 6.07 Å². The van der Waals surface area contributed by atoms with E-state index in [1.165, 1.54) is 28.7 Å². The summed E-state index contributed by atoms with van der Waals surface area (Å²) in [6, 6.07) is 17.2. The number of nitriles is 1. The van der Waals surface area contributed by atoms with Crippen molar-refractivity contribution in [2.24, 2.45) is 5.73 Å². The maximum atomic E-state index is 13.3. The van der Waals surface area contributed by atoms with E-state index in [0.29, 0.717) is 56.5 Å². The van der Waals surface area contributed by atoms with Crippen LogP contribution in [0.1, 0.15) is 56.1 Å². The van der Waals surface area contributed by atoms with Gasteiger partial charge in [0.25, 0.3) is 0 Å². The Bertz CT molecular complexity index is 1550. The second kappa shape index (κ2) is 11.8. The summed E-state index contributed by atoms with van der Waals surface area (Å²) in [4.78, 5) is 27.5. The van der Waals surface area contributed by atoms with Crippen LogP contribution < -0.4 is 16.0 Å². The zero-order chi connectivity index (χ0) is 28.4. The van der Waals surface area contributed by atoms with Crippen molar-refractivity contribution < 1.29 is 9.59 Å². The minimum Gasteiger partial charge on any atom is -0.384 e. The van der Waals surface area contributed by atoms with Gasteiger partial charge in [-0.15, -0.1) is 10.2 Å². The lowest BCUT2D eigenvalue weighted by molar-refractivity contribution is -0.116. The molecule has 1 aromatic heterocycles. The normalized spacial score (nSPS) is 17.2. The molecule has 8 nitrogen and oxygen atoms in total. The van der Waals surface area contributed by atoms with Crippen LogP contribution in [0, 0.1) is 11.3 Å². The van der Waals surface area contributed by atoms with Gasteiger partial charge in [0.05, 0.1) is 23.3 Å². The molecule has 5 rings (SSSR count). The Balaban J connectivity index is 1.41. The number of benzene rings is 2. The predicted molar refractivity (Wildman–Crippen MR) is 159 cm³/mol. The lowest BCUT2D eigenvalue weighted by atomic mass is 9.75. The molecule has 11 heteroatoms. The van der Waals surface area contributed by atoms with Crippen LogP contribution in [0.5, 0.6) is 0 Å². The number of thioether (sulfide) groups is 1. The fraction of sp³-hybridized carbons (Fsp3) is 0.276. The van der Waals surface area contributed by atoms with Crippen LogP contribution in [-0.2, 0) is 9.59 Å². The maximum Gasteiger partial charge on any atom is 0.234 e. The summed E-state index contributed by atoms with van der Waals surface area (Å²) in [7, 11) is 0. The van der Waals surface area contributed by atoms with Crippen molar-refractivity contribution in [2.45, 2.75) is 49.3 Å². The standard InChI is InChI=1S/C29H27ClN6O2S2/c1-16(2)17-6-8-18(9-7-17)25-21(14-31)27(32)36(22-4-3-5-23(37)26(22)25)28-34-35-29(40-28)39-15-24(38)33-20-12-10-19(30)11-13-20/h6-13,16,25H,3-5,15,32H2,1-2H3,(H,33,38). The number of carbonyl (C=O) groups excluding carboxylic acids is 2. The molecular weight excluding hydrogens is 564 g/mol. The molecule has 1 atom stereocenters. The highest BCUT2D eigenvalue weighted by molar-refractivity contribution is 8.01. The minimum absolute atomic E-state index is 0.0161. The molecule has 1 aliphatic carbocycles. The van der Waals surface area contributed by atoms with E-state index in [2.05, 4.69) is 35.4 Å². The topological polar surface area (TPSA) is 125 Å². The Labute approximate surface area is 245 Å². The third-order valence-corrected chi connectivity index (χ3v) is 9.19. The number of nitrogens with zero attached hydrogens (tertiary/aromatic N) is 4. The summed E-state index contributed by atoms with van der Waals surface area (Å²) >= 11 is 8.42. The molecule has 2 aromatic carbocycles. The molecule has 204 valence electrons. The fourth-order valence-electron chi connectivity index (χ4n) is 4.92. The van der Waals surface area contributed by atoms with E-state index in [-0.39, 0.29) is 23.3 Å². The van der Waals surface area contributed by atoms with Gasteiger partial charge in [-0.2, -0.15) is 5.26 Å². The number of hydrogen-bond acceptors (Lipinski definition) is 9. The summed E-state index contributed by atoms with van der Waals surface area (Å²) in [5.74, 6) is 0.0499. The zero-order valence-electron chi connectivity index (χ0n) is 22.0. The van der Waals surface area contributed by atoms with Crippen LogP contribution in [0.25, 0.3) is 0 Å². The molecule has 1 aliphatic heterocycles. The van der Waals surface area contributed by atoms with Crippen LogP contribution in [-0.4, -0.2) is 27.6 Å². The van der Waals surface area contributed by atoms with E-state index >= 15 is 0 Å². The molecule has 40 heavy (non-hydrogen) atoms. The largest absolute Gasteiger partial charge is 0.384 e.